The Labute approximate surface area is 108 Å². The number of nitrogens with one attached hydrogen (secondary N) is 1. The minimum atomic E-state index is 0.180. The molecule has 0 saturated heterocycles. The predicted octanol–water partition coefficient (Wildman–Crippen LogP) is 3.07. The normalized spacial score (nSPS) is 22.7. The Balaban J connectivity index is 1.78. The molecule has 1 aromatic heterocycles. The van der Waals surface area contributed by atoms with Gasteiger partial charge in [-0.2, -0.15) is 0 Å². The van der Waals surface area contributed by atoms with E-state index in [1.807, 2.05) is 6.07 Å². The summed E-state index contributed by atoms with van der Waals surface area (Å²) in [4.78, 5) is 8.97. The zero-order valence-corrected chi connectivity index (χ0v) is 11.1. The molecule has 0 bridgehead atoms. The van der Waals surface area contributed by atoms with E-state index in [-0.39, 0.29) is 5.54 Å². The first-order chi connectivity index (χ1) is 8.65. The SMILES string of the molecule is CC1(Nc2cc(N)nc(C3CC3)n2)CCCCC1. The fourth-order valence-corrected chi connectivity index (χ4v) is 2.84. The van der Waals surface area contributed by atoms with Gasteiger partial charge in [0, 0.05) is 17.5 Å². The molecule has 0 unspecified atom stereocenters. The van der Waals surface area contributed by atoms with Gasteiger partial charge >= 0.3 is 0 Å². The van der Waals surface area contributed by atoms with Crippen LogP contribution in [0.15, 0.2) is 6.07 Å². The third-order valence-electron chi connectivity index (χ3n) is 4.09. The zero-order chi connectivity index (χ0) is 12.6. The van der Waals surface area contributed by atoms with Crippen molar-refractivity contribution in [3.05, 3.63) is 11.9 Å². The molecule has 0 spiro atoms. The molecule has 0 aromatic carbocycles. The summed E-state index contributed by atoms with van der Waals surface area (Å²) in [6, 6.07) is 1.87. The lowest BCUT2D eigenvalue weighted by molar-refractivity contribution is 0.348. The molecule has 3 rings (SSSR count). The van der Waals surface area contributed by atoms with Crippen LogP contribution in [0.3, 0.4) is 0 Å². The van der Waals surface area contributed by atoms with Crippen molar-refractivity contribution in [2.75, 3.05) is 11.1 Å². The largest absolute Gasteiger partial charge is 0.384 e. The third-order valence-corrected chi connectivity index (χ3v) is 4.09. The molecule has 0 radical (unpaired) electrons. The van der Waals surface area contributed by atoms with E-state index in [0.717, 1.165) is 11.6 Å². The van der Waals surface area contributed by atoms with Gasteiger partial charge in [-0.05, 0) is 32.6 Å². The van der Waals surface area contributed by atoms with E-state index in [2.05, 4.69) is 22.2 Å². The fraction of sp³-hybridized carbons (Fsp3) is 0.714. The molecule has 98 valence electrons. The van der Waals surface area contributed by atoms with Gasteiger partial charge < -0.3 is 11.1 Å². The maximum atomic E-state index is 5.88. The molecule has 2 aliphatic carbocycles. The molecular formula is C14H22N4. The van der Waals surface area contributed by atoms with Crippen LogP contribution < -0.4 is 11.1 Å². The molecule has 0 aliphatic heterocycles. The molecule has 18 heavy (non-hydrogen) atoms. The van der Waals surface area contributed by atoms with Gasteiger partial charge in [0.15, 0.2) is 0 Å². The smallest absolute Gasteiger partial charge is 0.136 e. The number of nitrogens with zero attached hydrogens (tertiary/aromatic N) is 2. The van der Waals surface area contributed by atoms with Crippen molar-refractivity contribution in [3.8, 4) is 0 Å². The number of hydrogen-bond donors (Lipinski definition) is 2. The second-order valence-corrected chi connectivity index (χ2v) is 6.06. The lowest BCUT2D eigenvalue weighted by Gasteiger charge is -2.35. The molecule has 2 fully saturated rings. The van der Waals surface area contributed by atoms with Gasteiger partial charge in [0.1, 0.15) is 17.5 Å². The molecule has 2 saturated carbocycles. The summed E-state index contributed by atoms with van der Waals surface area (Å²) in [6.07, 6.45) is 8.82. The van der Waals surface area contributed by atoms with Crippen LogP contribution in [0.5, 0.6) is 0 Å². The monoisotopic (exact) mass is 246 g/mol. The Kier molecular flexibility index (Phi) is 2.88. The zero-order valence-electron chi connectivity index (χ0n) is 11.1. The fourth-order valence-electron chi connectivity index (χ4n) is 2.84. The summed E-state index contributed by atoms with van der Waals surface area (Å²) < 4.78 is 0. The molecular weight excluding hydrogens is 224 g/mol. The molecule has 4 heteroatoms. The third kappa shape index (κ3) is 2.57. The van der Waals surface area contributed by atoms with E-state index >= 15 is 0 Å². The van der Waals surface area contributed by atoms with Crippen molar-refractivity contribution in [1.29, 1.82) is 0 Å². The van der Waals surface area contributed by atoms with E-state index < -0.39 is 0 Å². The van der Waals surface area contributed by atoms with Crippen LogP contribution in [0, 0.1) is 0 Å². The second kappa shape index (κ2) is 4.41. The molecule has 3 N–H and O–H groups in total. The number of rotatable bonds is 3. The number of nitrogen functional groups attached to an aromatic ring is 1. The van der Waals surface area contributed by atoms with Gasteiger partial charge in [-0.1, -0.05) is 19.3 Å². The Hall–Kier alpha value is -1.32. The van der Waals surface area contributed by atoms with Crippen molar-refractivity contribution in [2.45, 2.75) is 63.3 Å². The summed E-state index contributed by atoms with van der Waals surface area (Å²) >= 11 is 0. The molecule has 4 nitrogen and oxygen atoms in total. The topological polar surface area (TPSA) is 63.8 Å². The van der Waals surface area contributed by atoms with Crippen LogP contribution in [0.4, 0.5) is 11.6 Å². The average Bonchev–Trinajstić information content (AvgIpc) is 3.12. The van der Waals surface area contributed by atoms with E-state index in [9.17, 15) is 0 Å². The first kappa shape index (κ1) is 11.8. The van der Waals surface area contributed by atoms with Crippen LogP contribution in [-0.4, -0.2) is 15.5 Å². The van der Waals surface area contributed by atoms with Gasteiger partial charge in [-0.25, -0.2) is 9.97 Å². The Morgan fingerprint density at radius 3 is 2.61 bits per heavy atom. The quantitative estimate of drug-likeness (QED) is 0.860. The highest BCUT2D eigenvalue weighted by molar-refractivity contribution is 5.47. The van der Waals surface area contributed by atoms with Gasteiger partial charge in [-0.15, -0.1) is 0 Å². The van der Waals surface area contributed by atoms with Gasteiger partial charge in [0.2, 0.25) is 0 Å². The highest BCUT2D eigenvalue weighted by Gasteiger charge is 2.29. The molecule has 0 amide bonds. The van der Waals surface area contributed by atoms with Crippen LogP contribution in [0.2, 0.25) is 0 Å². The van der Waals surface area contributed by atoms with E-state index in [0.29, 0.717) is 11.7 Å². The van der Waals surface area contributed by atoms with Gasteiger partial charge in [0.25, 0.3) is 0 Å². The van der Waals surface area contributed by atoms with Crippen LogP contribution in [0.25, 0.3) is 0 Å². The van der Waals surface area contributed by atoms with Crippen molar-refractivity contribution < 1.29 is 0 Å². The lowest BCUT2D eigenvalue weighted by atomic mass is 9.83. The van der Waals surface area contributed by atoms with Crippen molar-refractivity contribution in [3.63, 3.8) is 0 Å². The summed E-state index contributed by atoms with van der Waals surface area (Å²) in [5, 5.41) is 3.59. The van der Waals surface area contributed by atoms with E-state index in [1.165, 1.54) is 44.9 Å². The minimum Gasteiger partial charge on any atom is -0.384 e. The molecule has 0 atom stereocenters. The maximum absolute atomic E-state index is 5.88. The molecule has 2 aliphatic rings. The average molecular weight is 246 g/mol. The van der Waals surface area contributed by atoms with Crippen LogP contribution >= 0.6 is 0 Å². The summed E-state index contributed by atoms with van der Waals surface area (Å²) in [5.41, 5.74) is 6.06. The number of nitrogens with two attached hydrogens (primary N) is 1. The van der Waals surface area contributed by atoms with Crippen molar-refractivity contribution in [1.82, 2.24) is 9.97 Å². The molecule has 1 aromatic rings. The summed E-state index contributed by atoms with van der Waals surface area (Å²) in [7, 11) is 0. The van der Waals surface area contributed by atoms with E-state index in [1.54, 1.807) is 0 Å². The summed E-state index contributed by atoms with van der Waals surface area (Å²) in [6.45, 7) is 2.29. The number of hydrogen-bond acceptors (Lipinski definition) is 4. The number of anilines is 2. The predicted molar refractivity (Wildman–Crippen MR) is 73.5 cm³/mol. The maximum Gasteiger partial charge on any atom is 0.136 e. The first-order valence-corrected chi connectivity index (χ1v) is 7.07. The van der Waals surface area contributed by atoms with E-state index in [4.69, 9.17) is 5.73 Å². The standard InChI is InChI=1S/C14H22N4/c1-14(7-3-2-4-8-14)18-12-9-11(15)16-13(17-12)10-5-6-10/h9-10H,2-8H2,1H3,(H3,15,16,17,18). The highest BCUT2D eigenvalue weighted by atomic mass is 15.1. The van der Waals surface area contributed by atoms with Gasteiger partial charge in [0.05, 0.1) is 0 Å². The lowest BCUT2D eigenvalue weighted by Crippen LogP contribution is -2.37. The Bertz CT molecular complexity index is 433. The second-order valence-electron chi connectivity index (χ2n) is 6.06. The minimum absolute atomic E-state index is 0.180. The number of aromatic nitrogens is 2. The summed E-state index contributed by atoms with van der Waals surface area (Å²) in [5.74, 6) is 2.98. The van der Waals surface area contributed by atoms with Crippen molar-refractivity contribution in [2.24, 2.45) is 0 Å². The van der Waals surface area contributed by atoms with Crippen LogP contribution in [0.1, 0.15) is 63.6 Å². The van der Waals surface area contributed by atoms with Crippen molar-refractivity contribution >= 4 is 11.6 Å². The molecule has 1 heterocycles. The first-order valence-electron chi connectivity index (χ1n) is 7.07. The van der Waals surface area contributed by atoms with Gasteiger partial charge in [-0.3, -0.25) is 0 Å². The van der Waals surface area contributed by atoms with Crippen LogP contribution in [-0.2, 0) is 0 Å². The Morgan fingerprint density at radius 2 is 1.94 bits per heavy atom. The highest BCUT2D eigenvalue weighted by Crippen LogP contribution is 2.39. The Morgan fingerprint density at radius 1 is 1.22 bits per heavy atom.